The van der Waals surface area contributed by atoms with Crippen LogP contribution in [0.3, 0.4) is 0 Å². The fourth-order valence-electron chi connectivity index (χ4n) is 5.85. The summed E-state index contributed by atoms with van der Waals surface area (Å²) in [4.78, 5) is 14.6. The van der Waals surface area contributed by atoms with Crippen LogP contribution in [0.2, 0.25) is 0 Å². The Labute approximate surface area is 263 Å². The predicted octanol–water partition coefficient (Wildman–Crippen LogP) is 8.43. The Morgan fingerprint density at radius 3 is 1.50 bits per heavy atom. The highest BCUT2D eigenvalue weighted by Gasteiger charge is 2.15. The normalized spacial score (nSPS) is 11.3. The smallest absolute Gasteiger partial charge is 0.179 e. The van der Waals surface area contributed by atoms with Gasteiger partial charge < -0.3 is 4.57 Å². The molecule has 2 heterocycles. The Kier molecular flexibility index (Phi) is 6.61. The molecule has 0 fully saturated rings. The average Bonchev–Trinajstić information content (AvgIpc) is 3.43. The number of para-hydroxylation sites is 2. The van der Waals surface area contributed by atoms with Gasteiger partial charge in [-0.1, -0.05) is 127 Å². The number of nitrogens with zero attached hydrogens (tertiary/aromatic N) is 4. The summed E-state index contributed by atoms with van der Waals surface area (Å²) in [6.07, 6.45) is 0. The quantitative estimate of drug-likeness (QED) is 0.193. The van der Waals surface area contributed by atoms with Crippen LogP contribution in [0.1, 0.15) is 0 Å². The molecule has 0 aliphatic rings. The molecule has 0 atom stereocenters. The Hall–Kier alpha value is -5.34. The third-order valence-electron chi connectivity index (χ3n) is 8.03. The Morgan fingerprint density at radius 1 is 0.386 bits per heavy atom. The van der Waals surface area contributed by atoms with Gasteiger partial charge in [0, 0.05) is 33.2 Å². The van der Waals surface area contributed by atoms with Crippen molar-refractivity contribution in [1.82, 2.24) is 19.5 Å². The summed E-state index contributed by atoms with van der Waals surface area (Å²) in [6.45, 7) is 0. The lowest BCUT2D eigenvalue weighted by Gasteiger charge is -2.12. The summed E-state index contributed by atoms with van der Waals surface area (Å²) < 4.78 is 3.52. The van der Waals surface area contributed by atoms with Crippen LogP contribution in [0.25, 0.3) is 72.8 Å². The molecule has 8 aromatic rings. The first-order chi connectivity index (χ1) is 21.7. The molecule has 4 nitrogen and oxygen atoms in total. The molecule has 0 amide bonds. The first-order valence-electron chi connectivity index (χ1n) is 14.6. The number of rotatable bonds is 5. The molecule has 8 rings (SSSR count). The van der Waals surface area contributed by atoms with E-state index in [2.05, 4.69) is 112 Å². The molecular formula is C39H25AlN4. The van der Waals surface area contributed by atoms with E-state index in [0.29, 0.717) is 17.5 Å². The predicted molar refractivity (Wildman–Crippen MR) is 181 cm³/mol. The molecule has 0 N–H and O–H groups in total. The van der Waals surface area contributed by atoms with E-state index in [9.17, 15) is 0 Å². The van der Waals surface area contributed by atoms with Crippen LogP contribution in [0.15, 0.2) is 152 Å². The lowest BCUT2D eigenvalue weighted by atomic mass is 10.0. The van der Waals surface area contributed by atoms with Gasteiger partial charge in [-0.2, -0.15) is 0 Å². The molecule has 2 radical (unpaired) electrons. The van der Waals surface area contributed by atoms with Crippen molar-refractivity contribution < 1.29 is 0 Å². The van der Waals surface area contributed by atoms with Crippen LogP contribution in [0.4, 0.5) is 0 Å². The summed E-state index contributed by atoms with van der Waals surface area (Å²) in [5.74, 6) is 1.97. The minimum atomic E-state index is 0.652. The van der Waals surface area contributed by atoms with E-state index in [0.717, 1.165) is 27.8 Å². The summed E-state index contributed by atoms with van der Waals surface area (Å²) in [7, 11) is 0. The van der Waals surface area contributed by atoms with Gasteiger partial charge in [-0.15, -0.1) is 4.43 Å². The van der Waals surface area contributed by atoms with Gasteiger partial charge >= 0.3 is 0 Å². The first kappa shape index (κ1) is 26.3. The molecule has 0 spiro atoms. The Balaban J connectivity index is 1.21. The largest absolute Gasteiger partial charge is 0.311 e. The zero-order valence-electron chi connectivity index (χ0n) is 23.8. The fraction of sp³-hybridized carbons (Fsp3) is 0. The summed E-state index contributed by atoms with van der Waals surface area (Å²) >= 11 is 2.88. The van der Waals surface area contributed by atoms with Crippen molar-refractivity contribution in [3.8, 4) is 51.0 Å². The molecule has 0 aliphatic carbocycles. The van der Waals surface area contributed by atoms with Crippen LogP contribution < -0.4 is 4.43 Å². The first-order valence-corrected chi connectivity index (χ1v) is 15.2. The molecule has 0 bridgehead atoms. The van der Waals surface area contributed by atoms with Crippen LogP contribution in [0.5, 0.6) is 0 Å². The molecule has 0 aliphatic heterocycles. The van der Waals surface area contributed by atoms with Gasteiger partial charge in [0.2, 0.25) is 0 Å². The van der Waals surface area contributed by atoms with Crippen molar-refractivity contribution in [2.75, 3.05) is 0 Å². The van der Waals surface area contributed by atoms with Gasteiger partial charge in [0.25, 0.3) is 0 Å². The van der Waals surface area contributed by atoms with Gasteiger partial charge in [-0.25, -0.2) is 15.0 Å². The summed E-state index contributed by atoms with van der Waals surface area (Å²) in [5.41, 5.74) is 8.72. The highest BCUT2D eigenvalue weighted by Crippen LogP contribution is 2.35. The second kappa shape index (κ2) is 11.1. The van der Waals surface area contributed by atoms with Crippen molar-refractivity contribution in [3.05, 3.63) is 152 Å². The maximum absolute atomic E-state index is 4.89. The number of benzene rings is 6. The van der Waals surface area contributed by atoms with Crippen molar-refractivity contribution >= 4 is 42.5 Å². The van der Waals surface area contributed by atoms with Crippen LogP contribution in [0, 0.1) is 0 Å². The fourth-order valence-corrected chi connectivity index (χ4v) is 6.19. The van der Waals surface area contributed by atoms with Crippen molar-refractivity contribution in [2.45, 2.75) is 0 Å². The molecule has 44 heavy (non-hydrogen) atoms. The highest BCUT2D eigenvalue weighted by molar-refractivity contribution is 6.35. The minimum absolute atomic E-state index is 0.652. The van der Waals surface area contributed by atoms with Gasteiger partial charge in [-0.05, 0) is 35.4 Å². The monoisotopic (exact) mass is 576 g/mol. The van der Waals surface area contributed by atoms with Crippen molar-refractivity contribution in [2.24, 2.45) is 0 Å². The molecule has 0 unspecified atom stereocenters. The average molecular weight is 577 g/mol. The lowest BCUT2D eigenvalue weighted by Crippen LogP contribution is -2.11. The standard InChI is InChI=1S/C39H25N4.Al/c1-4-12-28(13-5-1)37-40-38(29-14-6-2-7-15-29)42-39(41-37)30-22-20-27(21-23-30)31-24-25-36-34(26-31)33-18-10-11-19-35(33)43(36)32-16-8-3-9-17-32;/h1-16,18-26H;. The zero-order valence-corrected chi connectivity index (χ0v) is 25.0. The van der Waals surface area contributed by atoms with Crippen molar-refractivity contribution in [3.63, 3.8) is 0 Å². The van der Waals surface area contributed by atoms with E-state index in [-0.39, 0.29) is 0 Å². The Morgan fingerprint density at radius 2 is 0.864 bits per heavy atom. The second-order valence-corrected chi connectivity index (χ2v) is 11.4. The minimum Gasteiger partial charge on any atom is -0.311 e. The van der Waals surface area contributed by atoms with E-state index in [4.69, 9.17) is 15.0 Å². The van der Waals surface area contributed by atoms with E-state index in [1.165, 1.54) is 31.9 Å². The van der Waals surface area contributed by atoms with Gasteiger partial charge in [0.15, 0.2) is 33.8 Å². The molecule has 0 saturated carbocycles. The van der Waals surface area contributed by atoms with Gasteiger partial charge in [-0.3, -0.25) is 0 Å². The molecule has 204 valence electrons. The van der Waals surface area contributed by atoms with Crippen LogP contribution in [-0.4, -0.2) is 35.8 Å². The molecular weight excluding hydrogens is 551 g/mol. The third-order valence-corrected chi connectivity index (χ3v) is 8.51. The van der Waals surface area contributed by atoms with Crippen LogP contribution >= 0.6 is 0 Å². The summed E-state index contributed by atoms with van der Waals surface area (Å²) in [5, 5.41) is 2.47. The van der Waals surface area contributed by atoms with E-state index >= 15 is 0 Å². The lowest BCUT2D eigenvalue weighted by molar-refractivity contribution is 1.07. The highest BCUT2D eigenvalue weighted by atomic mass is 27.0. The number of hydrogen-bond donors (Lipinski definition) is 0. The van der Waals surface area contributed by atoms with Crippen molar-refractivity contribution in [1.29, 1.82) is 0 Å². The molecule has 5 heteroatoms. The molecule has 0 saturated heterocycles. The zero-order chi connectivity index (χ0) is 29.5. The van der Waals surface area contributed by atoms with E-state index < -0.39 is 0 Å². The molecule has 6 aromatic carbocycles. The maximum Gasteiger partial charge on any atom is 0.179 e. The van der Waals surface area contributed by atoms with Gasteiger partial charge in [0.05, 0.1) is 11.0 Å². The third kappa shape index (κ3) is 4.69. The van der Waals surface area contributed by atoms with Crippen LogP contribution in [-0.2, 0) is 0 Å². The number of fused-ring (bicyclic) bond motifs is 3. The summed E-state index contributed by atoms with van der Waals surface area (Å²) in [6, 6.07) is 52.5. The van der Waals surface area contributed by atoms with Gasteiger partial charge in [0.1, 0.15) is 0 Å². The van der Waals surface area contributed by atoms with E-state index in [1.54, 1.807) is 0 Å². The topological polar surface area (TPSA) is 43.6 Å². The van der Waals surface area contributed by atoms with E-state index in [1.807, 2.05) is 60.7 Å². The molecule has 2 aromatic heterocycles. The SMILES string of the molecule is [Al][c]1ccccc1-n1c2ccccc2c2cc(-c3ccc(-c4nc(-c5ccccc5)nc(-c5ccccc5)n4)cc3)ccc21. The number of aromatic nitrogens is 4. The maximum atomic E-state index is 4.89. The number of hydrogen-bond acceptors (Lipinski definition) is 3. The second-order valence-electron chi connectivity index (χ2n) is 10.8. The Bertz CT molecular complexity index is 2220.